The average molecular weight is 396 g/mol. The van der Waals surface area contributed by atoms with Crippen LogP contribution in [0.3, 0.4) is 0 Å². The van der Waals surface area contributed by atoms with Gasteiger partial charge in [-0.1, -0.05) is 25.5 Å². The monoisotopic (exact) mass is 395 g/mol. The number of ether oxygens (including phenoxy) is 1. The molecule has 1 aromatic rings. The Labute approximate surface area is 167 Å². The normalized spacial score (nSPS) is 14.5. The van der Waals surface area contributed by atoms with E-state index < -0.39 is 0 Å². The number of benzene rings is 1. The maximum Gasteiger partial charge on any atom is 0.189 e. The number of thiocarbonyl (C=S) groups is 2. The van der Waals surface area contributed by atoms with E-state index in [-0.39, 0.29) is 0 Å². The van der Waals surface area contributed by atoms with Crippen LogP contribution in [0.25, 0.3) is 0 Å². The first-order valence-electron chi connectivity index (χ1n) is 9.17. The molecule has 0 radical (unpaired) electrons. The van der Waals surface area contributed by atoms with Gasteiger partial charge < -0.3 is 15.4 Å². The predicted octanol–water partition coefficient (Wildman–Crippen LogP) is 2.03. The van der Waals surface area contributed by atoms with Crippen molar-refractivity contribution < 1.29 is 4.74 Å². The fourth-order valence-electron chi connectivity index (χ4n) is 2.61. The van der Waals surface area contributed by atoms with Crippen LogP contribution in [0, 0.1) is 0 Å². The summed E-state index contributed by atoms with van der Waals surface area (Å²) in [5.74, 6) is 0. The molecular formula is C18H29N5OS2. The highest BCUT2D eigenvalue weighted by molar-refractivity contribution is 7.80. The van der Waals surface area contributed by atoms with Gasteiger partial charge >= 0.3 is 0 Å². The molecule has 1 aromatic carbocycles. The van der Waals surface area contributed by atoms with Crippen LogP contribution in [0.4, 0.5) is 5.69 Å². The molecule has 0 aliphatic carbocycles. The molecule has 1 aliphatic rings. The topological polar surface area (TPSA) is 60.6 Å². The van der Waals surface area contributed by atoms with Crippen molar-refractivity contribution in [2.75, 3.05) is 44.7 Å². The number of anilines is 1. The highest BCUT2D eigenvalue weighted by atomic mass is 32.1. The van der Waals surface area contributed by atoms with Crippen molar-refractivity contribution in [2.45, 2.75) is 26.2 Å². The van der Waals surface area contributed by atoms with Gasteiger partial charge in [0.1, 0.15) is 0 Å². The number of rotatable bonds is 7. The van der Waals surface area contributed by atoms with E-state index in [1.165, 1.54) is 18.4 Å². The van der Waals surface area contributed by atoms with Crippen LogP contribution >= 0.6 is 24.4 Å². The van der Waals surface area contributed by atoms with E-state index in [0.29, 0.717) is 10.2 Å². The third-order valence-corrected chi connectivity index (χ3v) is 4.59. The number of nitrogens with zero attached hydrogens (tertiary/aromatic N) is 1. The minimum atomic E-state index is 0.476. The van der Waals surface area contributed by atoms with E-state index >= 15 is 0 Å². The third kappa shape index (κ3) is 8.27. The maximum atomic E-state index is 5.33. The molecule has 1 saturated heterocycles. The summed E-state index contributed by atoms with van der Waals surface area (Å²) >= 11 is 10.5. The van der Waals surface area contributed by atoms with Gasteiger partial charge in [0, 0.05) is 31.9 Å². The first-order chi connectivity index (χ1) is 12.7. The summed E-state index contributed by atoms with van der Waals surface area (Å²) < 4.78 is 5.33. The Morgan fingerprint density at radius 3 is 2.46 bits per heavy atom. The van der Waals surface area contributed by atoms with Gasteiger partial charge in [-0.25, -0.2) is 0 Å². The number of hydrogen-bond donors (Lipinski definition) is 4. The number of morpholine rings is 1. The summed E-state index contributed by atoms with van der Waals surface area (Å²) in [7, 11) is 0. The second-order valence-corrected chi connectivity index (χ2v) is 7.03. The Bertz CT molecular complexity index is 561. The summed E-state index contributed by atoms with van der Waals surface area (Å²) in [5.41, 5.74) is 8.11. The van der Waals surface area contributed by atoms with Gasteiger partial charge in [-0.05, 0) is 55.0 Å². The molecule has 6 nitrogen and oxygen atoms in total. The number of nitrogens with one attached hydrogen (secondary N) is 4. The van der Waals surface area contributed by atoms with Crippen LogP contribution in [0.2, 0.25) is 0 Å². The molecule has 0 bridgehead atoms. The molecule has 8 heteroatoms. The molecule has 26 heavy (non-hydrogen) atoms. The molecule has 2 rings (SSSR count). The van der Waals surface area contributed by atoms with Gasteiger partial charge in [0.2, 0.25) is 0 Å². The zero-order valence-corrected chi connectivity index (χ0v) is 17.0. The molecular weight excluding hydrogens is 366 g/mol. The van der Waals surface area contributed by atoms with Crippen molar-refractivity contribution in [3.8, 4) is 0 Å². The van der Waals surface area contributed by atoms with Crippen LogP contribution in [0.5, 0.6) is 0 Å². The molecule has 0 atom stereocenters. The molecule has 0 amide bonds. The summed E-state index contributed by atoms with van der Waals surface area (Å²) in [6.45, 7) is 7.50. The zero-order valence-electron chi connectivity index (χ0n) is 15.3. The second kappa shape index (κ2) is 12.0. The van der Waals surface area contributed by atoms with Crippen molar-refractivity contribution in [3.05, 3.63) is 29.8 Å². The molecule has 0 saturated carbocycles. The first-order valence-corrected chi connectivity index (χ1v) is 9.99. The predicted molar refractivity (Wildman–Crippen MR) is 115 cm³/mol. The van der Waals surface area contributed by atoms with E-state index in [1.807, 2.05) is 12.1 Å². The van der Waals surface area contributed by atoms with Crippen LogP contribution in [0.1, 0.15) is 25.3 Å². The first kappa shape index (κ1) is 20.8. The van der Waals surface area contributed by atoms with E-state index in [2.05, 4.69) is 45.4 Å². The van der Waals surface area contributed by atoms with Crippen molar-refractivity contribution in [1.82, 2.24) is 21.1 Å². The number of hydrogen-bond acceptors (Lipinski definition) is 4. The lowest BCUT2D eigenvalue weighted by molar-refractivity contribution is 0.0389. The van der Waals surface area contributed by atoms with Gasteiger partial charge in [0.25, 0.3) is 0 Å². The highest BCUT2D eigenvalue weighted by Gasteiger charge is 2.09. The second-order valence-electron chi connectivity index (χ2n) is 6.21. The van der Waals surface area contributed by atoms with Crippen molar-refractivity contribution in [1.29, 1.82) is 0 Å². The zero-order chi connectivity index (χ0) is 18.6. The van der Waals surface area contributed by atoms with Gasteiger partial charge in [-0.15, -0.1) is 0 Å². The quantitative estimate of drug-likeness (QED) is 0.413. The smallest absolute Gasteiger partial charge is 0.189 e. The standard InChI is InChI=1S/C18H29N5OS2/c1-2-3-4-15-5-7-16(8-6-15)20-18(26)22-21-17(25)19-9-10-23-11-13-24-14-12-23/h5-8H,2-4,9-14H2,1H3,(H2,19,21,25)(H2,20,22,26). The summed E-state index contributed by atoms with van der Waals surface area (Å²) in [6.07, 6.45) is 3.54. The van der Waals surface area contributed by atoms with Crippen LogP contribution in [0.15, 0.2) is 24.3 Å². The van der Waals surface area contributed by atoms with E-state index in [1.54, 1.807) is 0 Å². The lowest BCUT2D eigenvalue weighted by Crippen LogP contribution is -2.50. The van der Waals surface area contributed by atoms with Gasteiger partial charge in [0.15, 0.2) is 10.2 Å². The van der Waals surface area contributed by atoms with Crippen LogP contribution in [-0.4, -0.2) is 54.5 Å². The van der Waals surface area contributed by atoms with Gasteiger partial charge in [-0.3, -0.25) is 15.8 Å². The number of hydrazine groups is 1. The Morgan fingerprint density at radius 2 is 1.77 bits per heavy atom. The van der Waals surface area contributed by atoms with Gasteiger partial charge in [0.05, 0.1) is 13.2 Å². The van der Waals surface area contributed by atoms with E-state index in [9.17, 15) is 0 Å². The molecule has 1 fully saturated rings. The lowest BCUT2D eigenvalue weighted by Gasteiger charge is -2.26. The molecule has 0 unspecified atom stereocenters. The number of unbranched alkanes of at least 4 members (excludes halogenated alkanes) is 1. The third-order valence-electron chi connectivity index (χ3n) is 4.14. The van der Waals surface area contributed by atoms with Crippen molar-refractivity contribution >= 4 is 40.3 Å². The minimum Gasteiger partial charge on any atom is -0.379 e. The van der Waals surface area contributed by atoms with Crippen LogP contribution < -0.4 is 21.5 Å². The maximum absolute atomic E-state index is 5.33. The highest BCUT2D eigenvalue weighted by Crippen LogP contribution is 2.11. The van der Waals surface area contributed by atoms with Gasteiger partial charge in [-0.2, -0.15) is 0 Å². The Kier molecular flexibility index (Phi) is 9.62. The van der Waals surface area contributed by atoms with Crippen LogP contribution in [-0.2, 0) is 11.2 Å². The Balaban J connectivity index is 1.59. The molecule has 1 aliphatic heterocycles. The minimum absolute atomic E-state index is 0.476. The summed E-state index contributed by atoms with van der Waals surface area (Å²) in [6, 6.07) is 8.34. The lowest BCUT2D eigenvalue weighted by atomic mass is 10.1. The molecule has 4 N–H and O–H groups in total. The molecule has 1 heterocycles. The van der Waals surface area contributed by atoms with Crippen molar-refractivity contribution in [2.24, 2.45) is 0 Å². The summed E-state index contributed by atoms with van der Waals surface area (Å²) in [4.78, 5) is 2.35. The molecule has 144 valence electrons. The fraction of sp³-hybridized carbons (Fsp3) is 0.556. The van der Waals surface area contributed by atoms with Crippen molar-refractivity contribution in [3.63, 3.8) is 0 Å². The Hall–Kier alpha value is -1.48. The fourth-order valence-corrected chi connectivity index (χ4v) is 2.93. The SMILES string of the molecule is CCCCc1ccc(NC(=S)NNC(=S)NCCN2CCOCC2)cc1. The average Bonchev–Trinajstić information content (AvgIpc) is 2.67. The molecule has 0 aromatic heterocycles. The van der Waals surface area contributed by atoms with E-state index in [0.717, 1.165) is 51.5 Å². The number of aryl methyl sites for hydroxylation is 1. The van der Waals surface area contributed by atoms with E-state index in [4.69, 9.17) is 29.2 Å². The largest absolute Gasteiger partial charge is 0.379 e. The Morgan fingerprint density at radius 1 is 1.08 bits per heavy atom. The summed E-state index contributed by atoms with van der Waals surface area (Å²) in [5, 5.41) is 7.30. The molecule has 0 spiro atoms.